The van der Waals surface area contributed by atoms with Gasteiger partial charge in [-0.1, -0.05) is 0 Å². The maximum Gasteiger partial charge on any atom is 5.00 e. The molecule has 0 radical (unpaired) electrons. The number of halogens is 1. The normalized spacial score (nSPS) is 21.6. The third kappa shape index (κ3) is 16.8. The average molecular weight is 395 g/mol. The fourth-order valence-electron chi connectivity index (χ4n) is 1.32. The van der Waals surface area contributed by atoms with Gasteiger partial charge in [0.2, 0.25) is 0 Å². The molecule has 0 atom stereocenters. The summed E-state index contributed by atoms with van der Waals surface area (Å²) >= 11 is 0. The van der Waals surface area contributed by atoms with E-state index in [1.165, 1.54) is 0 Å². The van der Waals surface area contributed by atoms with E-state index >= 15 is 0 Å². The van der Waals surface area contributed by atoms with Crippen molar-refractivity contribution in [1.29, 1.82) is 0 Å². The van der Waals surface area contributed by atoms with Gasteiger partial charge in [-0.3, -0.25) is 0 Å². The van der Waals surface area contributed by atoms with Crippen molar-refractivity contribution < 1.29 is 63.2 Å². The number of ether oxygens (including phenoxy) is 6. The van der Waals surface area contributed by atoms with Gasteiger partial charge in [0.1, 0.15) is 0 Å². The Balaban J connectivity index is 0. The zero-order valence-electron chi connectivity index (χ0n) is 11.8. The molecule has 1 saturated heterocycles. The zero-order chi connectivity index (χ0) is 12.7. The van der Waals surface area contributed by atoms with Gasteiger partial charge in [-0.25, -0.2) is 0 Å². The van der Waals surface area contributed by atoms with E-state index in [0.29, 0.717) is 79.3 Å². The standard InChI is InChI=1S/C12H24O6.ClH2.Nb/c1-2-14-5-6-16-9-10-18-12-11-17-8-7-15-4-3-13-1;;/h1-12H2;1H2;/q;+1;+5. The summed E-state index contributed by atoms with van der Waals surface area (Å²) in [6.07, 6.45) is 0. The Morgan fingerprint density at radius 1 is 0.300 bits per heavy atom. The second-order valence-electron chi connectivity index (χ2n) is 3.67. The van der Waals surface area contributed by atoms with E-state index in [-0.39, 0.29) is 34.8 Å². The summed E-state index contributed by atoms with van der Waals surface area (Å²) in [5.74, 6) is 0. The Morgan fingerprint density at radius 2 is 0.400 bits per heavy atom. The van der Waals surface area contributed by atoms with Crippen molar-refractivity contribution >= 4 is 0 Å². The second kappa shape index (κ2) is 19.8. The van der Waals surface area contributed by atoms with Gasteiger partial charge in [0.25, 0.3) is 0 Å². The molecule has 1 fully saturated rings. The molecule has 0 aromatic heterocycles. The molecule has 1 heterocycles. The van der Waals surface area contributed by atoms with Crippen LogP contribution in [0.3, 0.4) is 0 Å². The minimum Gasteiger partial charge on any atom is -0.377 e. The van der Waals surface area contributed by atoms with E-state index in [1.807, 2.05) is 0 Å². The van der Waals surface area contributed by atoms with Crippen molar-refractivity contribution in [3.05, 3.63) is 0 Å². The fourth-order valence-corrected chi connectivity index (χ4v) is 1.32. The van der Waals surface area contributed by atoms with E-state index in [9.17, 15) is 0 Å². The Hall–Kier alpha value is 0.790. The SMILES string of the molecule is C1COCCOCCOCCOCCOCCO1.[ClH2+].[Nb+5]. The molecule has 0 aromatic rings. The van der Waals surface area contributed by atoms with Crippen LogP contribution in [0.2, 0.25) is 0 Å². The Labute approximate surface area is 142 Å². The minimum atomic E-state index is 0. The molecule has 20 heavy (non-hydrogen) atoms. The maximum atomic E-state index is 5.33. The monoisotopic (exact) mass is 394 g/mol. The van der Waals surface area contributed by atoms with E-state index in [2.05, 4.69) is 0 Å². The predicted molar refractivity (Wildman–Crippen MR) is 67.7 cm³/mol. The topological polar surface area (TPSA) is 55.4 Å². The minimum absolute atomic E-state index is 0. The molecule has 0 saturated carbocycles. The van der Waals surface area contributed by atoms with E-state index < -0.39 is 0 Å². The zero-order valence-corrected chi connectivity index (χ0v) is 14.9. The van der Waals surface area contributed by atoms with E-state index in [1.54, 1.807) is 0 Å². The van der Waals surface area contributed by atoms with Gasteiger partial charge >= 0.3 is 22.4 Å². The van der Waals surface area contributed by atoms with Crippen molar-refractivity contribution in [3.63, 3.8) is 0 Å². The largest absolute Gasteiger partial charge is 5.00 e. The number of rotatable bonds is 0. The molecule has 0 unspecified atom stereocenters. The van der Waals surface area contributed by atoms with Crippen LogP contribution < -0.4 is 0 Å². The third-order valence-corrected chi connectivity index (χ3v) is 2.23. The maximum absolute atomic E-state index is 5.33. The van der Waals surface area contributed by atoms with E-state index in [4.69, 9.17) is 28.4 Å². The van der Waals surface area contributed by atoms with Gasteiger partial charge in [-0.2, -0.15) is 0 Å². The molecule has 0 spiro atoms. The van der Waals surface area contributed by atoms with Crippen molar-refractivity contribution in [2.24, 2.45) is 0 Å². The van der Waals surface area contributed by atoms with E-state index in [0.717, 1.165) is 0 Å². The summed E-state index contributed by atoms with van der Waals surface area (Å²) < 4.78 is 32.0. The van der Waals surface area contributed by atoms with Crippen LogP contribution >= 0.6 is 0 Å². The van der Waals surface area contributed by atoms with Gasteiger partial charge < -0.3 is 28.4 Å². The molecule has 1 aliphatic heterocycles. The fraction of sp³-hybridized carbons (Fsp3) is 1.00. The molecule has 1 rings (SSSR count). The van der Waals surface area contributed by atoms with Gasteiger partial charge in [-0.15, -0.1) is 0 Å². The van der Waals surface area contributed by atoms with Crippen LogP contribution in [-0.4, -0.2) is 79.3 Å². The molecular formula is C12H26ClNbO6+6. The Morgan fingerprint density at radius 3 is 0.500 bits per heavy atom. The van der Waals surface area contributed by atoms with Crippen LogP contribution in [0.25, 0.3) is 0 Å². The average Bonchev–Trinajstić information content (AvgIpc) is 2.39. The molecule has 0 N–H and O–H groups in total. The first-order chi connectivity index (χ1) is 9.00. The first-order valence-electron chi connectivity index (χ1n) is 6.46. The number of hydrogen-bond donors (Lipinski definition) is 0. The molecule has 8 heteroatoms. The molecule has 116 valence electrons. The summed E-state index contributed by atoms with van der Waals surface area (Å²) in [4.78, 5) is 0. The molecule has 6 nitrogen and oxygen atoms in total. The predicted octanol–water partition coefficient (Wildman–Crippen LogP) is -0.438. The summed E-state index contributed by atoms with van der Waals surface area (Å²) in [6.45, 7) is 7.04. The van der Waals surface area contributed by atoms with Crippen LogP contribution in [0, 0.1) is 12.4 Å². The third-order valence-electron chi connectivity index (χ3n) is 2.23. The summed E-state index contributed by atoms with van der Waals surface area (Å²) in [7, 11) is 0. The van der Waals surface area contributed by atoms with Gasteiger partial charge in [0, 0.05) is 0 Å². The first-order valence-corrected chi connectivity index (χ1v) is 6.46. The molecule has 1 aliphatic rings. The van der Waals surface area contributed by atoms with Crippen LogP contribution in [0.5, 0.6) is 0 Å². The van der Waals surface area contributed by atoms with Crippen molar-refractivity contribution in [2.75, 3.05) is 79.3 Å². The quantitative estimate of drug-likeness (QED) is 0.519. The van der Waals surface area contributed by atoms with Crippen molar-refractivity contribution in [3.8, 4) is 0 Å². The Kier molecular flexibility index (Phi) is 22.8. The summed E-state index contributed by atoms with van der Waals surface area (Å²) in [5.41, 5.74) is 0. The molecule has 0 amide bonds. The van der Waals surface area contributed by atoms with Gasteiger partial charge in [0.05, 0.1) is 91.7 Å². The van der Waals surface area contributed by atoms with Gasteiger partial charge in [0.15, 0.2) is 0 Å². The smallest absolute Gasteiger partial charge is 0.377 e. The Bertz CT molecular complexity index is 103. The van der Waals surface area contributed by atoms with Crippen LogP contribution in [0.15, 0.2) is 0 Å². The van der Waals surface area contributed by atoms with Crippen LogP contribution in [-0.2, 0) is 50.8 Å². The van der Waals surface area contributed by atoms with Crippen molar-refractivity contribution in [2.45, 2.75) is 0 Å². The molecular weight excluding hydrogens is 368 g/mol. The molecule has 0 aliphatic carbocycles. The first kappa shape index (κ1) is 23.1. The second-order valence-corrected chi connectivity index (χ2v) is 3.67. The van der Waals surface area contributed by atoms with Gasteiger partial charge in [-0.05, 0) is 0 Å². The van der Waals surface area contributed by atoms with Crippen LogP contribution in [0.1, 0.15) is 0 Å². The van der Waals surface area contributed by atoms with Crippen LogP contribution in [0.4, 0.5) is 0 Å². The summed E-state index contributed by atoms with van der Waals surface area (Å²) in [5, 5.41) is 0. The van der Waals surface area contributed by atoms with Crippen molar-refractivity contribution in [1.82, 2.24) is 0 Å². The number of hydrogen-bond acceptors (Lipinski definition) is 6. The molecule has 0 aromatic carbocycles. The summed E-state index contributed by atoms with van der Waals surface area (Å²) in [6, 6.07) is 0. The molecule has 0 bridgehead atoms.